The molecule has 4 N–H and O–H groups in total. The first-order valence-corrected chi connectivity index (χ1v) is 10.00. The number of hydrogen-bond donors (Lipinski definition) is 4. The summed E-state index contributed by atoms with van der Waals surface area (Å²) in [7, 11) is -4.00. The van der Waals surface area contributed by atoms with Crippen LogP contribution in [-0.4, -0.2) is 47.5 Å². The van der Waals surface area contributed by atoms with Crippen molar-refractivity contribution in [2.45, 2.75) is 31.6 Å². The molecule has 0 unspecified atom stereocenters. The van der Waals surface area contributed by atoms with Crippen molar-refractivity contribution in [3.63, 3.8) is 0 Å². The van der Waals surface area contributed by atoms with E-state index < -0.39 is 16.1 Å². The number of benzene rings is 2. The van der Waals surface area contributed by atoms with Crippen molar-refractivity contribution in [3.8, 4) is 0 Å². The lowest BCUT2D eigenvalue weighted by atomic mass is 9.89. The van der Waals surface area contributed by atoms with E-state index in [-0.39, 0.29) is 23.5 Å². The minimum atomic E-state index is -4.00. The fourth-order valence-electron chi connectivity index (χ4n) is 1.81. The molecular weight excluding hydrogens is 384 g/mol. The van der Waals surface area contributed by atoms with Crippen molar-refractivity contribution < 1.29 is 33.1 Å². The van der Waals surface area contributed by atoms with Crippen LogP contribution in [0.1, 0.15) is 37.0 Å². The van der Waals surface area contributed by atoms with Crippen LogP contribution in [0.5, 0.6) is 0 Å². The predicted octanol–water partition coefficient (Wildman–Crippen LogP) is 3.10. The van der Waals surface area contributed by atoms with Crippen LogP contribution in [0.15, 0.2) is 65.6 Å². The standard InChI is InChI=1S/C7H6O2.C7H16O2.C6H6O3S/c8-7(9)6-4-2-1-3-5-6;1-7(2,6-9)4-3-5-8;7-10(8,9)6-4-2-1-3-5-6/h1-5H,(H,8,9);8-9H,3-6H2,1-2H3;1-5H,(H,7,8,9). The summed E-state index contributed by atoms with van der Waals surface area (Å²) in [4.78, 5) is 10.1. The minimum Gasteiger partial charge on any atom is -0.478 e. The van der Waals surface area contributed by atoms with Crippen LogP contribution in [0.25, 0.3) is 0 Å². The van der Waals surface area contributed by atoms with Gasteiger partial charge in [0.25, 0.3) is 10.1 Å². The Bertz CT molecular complexity index is 773. The first-order valence-electron chi connectivity index (χ1n) is 8.56. The molecule has 0 bridgehead atoms. The van der Waals surface area contributed by atoms with Crippen LogP contribution in [-0.2, 0) is 10.1 Å². The summed E-state index contributed by atoms with van der Waals surface area (Å²) >= 11 is 0. The first kappa shape index (κ1) is 25.7. The van der Waals surface area contributed by atoms with E-state index in [1.165, 1.54) is 12.1 Å². The molecule has 8 heteroatoms. The lowest BCUT2D eigenvalue weighted by Gasteiger charge is -2.20. The average molecular weight is 413 g/mol. The van der Waals surface area contributed by atoms with Crippen molar-refractivity contribution in [1.29, 1.82) is 0 Å². The van der Waals surface area contributed by atoms with Gasteiger partial charge in [-0.1, -0.05) is 50.2 Å². The maximum absolute atomic E-state index is 10.4. The molecule has 0 amide bonds. The molecule has 0 spiro atoms. The van der Waals surface area contributed by atoms with Gasteiger partial charge < -0.3 is 15.3 Å². The molecule has 7 nitrogen and oxygen atoms in total. The molecule has 0 aliphatic rings. The zero-order valence-corrected chi connectivity index (χ0v) is 16.8. The van der Waals surface area contributed by atoms with Crippen molar-refractivity contribution in [1.82, 2.24) is 0 Å². The Morgan fingerprint density at radius 3 is 1.68 bits per heavy atom. The fraction of sp³-hybridized carbons (Fsp3) is 0.350. The maximum Gasteiger partial charge on any atom is 0.335 e. The Kier molecular flexibility index (Phi) is 12.0. The van der Waals surface area contributed by atoms with Gasteiger partial charge in [-0.3, -0.25) is 4.55 Å². The van der Waals surface area contributed by atoms with Gasteiger partial charge >= 0.3 is 5.97 Å². The molecule has 2 aromatic rings. The molecule has 2 aromatic carbocycles. The van der Waals surface area contributed by atoms with Gasteiger partial charge in [0.15, 0.2) is 0 Å². The quantitative estimate of drug-likeness (QED) is 0.536. The zero-order chi connectivity index (χ0) is 21.6. The molecule has 28 heavy (non-hydrogen) atoms. The van der Waals surface area contributed by atoms with Crippen molar-refractivity contribution in [2.24, 2.45) is 5.41 Å². The van der Waals surface area contributed by atoms with E-state index in [4.69, 9.17) is 19.9 Å². The lowest BCUT2D eigenvalue weighted by molar-refractivity contribution is 0.0697. The molecule has 0 heterocycles. The Labute approximate surface area is 166 Å². The van der Waals surface area contributed by atoms with Gasteiger partial charge in [0.05, 0.1) is 10.5 Å². The van der Waals surface area contributed by atoms with Gasteiger partial charge in [-0.15, -0.1) is 0 Å². The van der Waals surface area contributed by atoms with E-state index in [1.54, 1.807) is 48.5 Å². The van der Waals surface area contributed by atoms with Crippen molar-refractivity contribution in [3.05, 3.63) is 66.2 Å². The third-order valence-corrected chi connectivity index (χ3v) is 4.37. The predicted molar refractivity (Wildman–Crippen MR) is 107 cm³/mol. The second-order valence-corrected chi connectivity index (χ2v) is 8.03. The second kappa shape index (κ2) is 13.0. The van der Waals surface area contributed by atoms with Crippen molar-refractivity contribution >= 4 is 16.1 Å². The second-order valence-electron chi connectivity index (χ2n) is 6.61. The van der Waals surface area contributed by atoms with Crippen molar-refractivity contribution in [2.75, 3.05) is 13.2 Å². The summed E-state index contributed by atoms with van der Waals surface area (Å²) in [5.41, 5.74) is 0.320. The van der Waals surface area contributed by atoms with Crippen LogP contribution in [0, 0.1) is 5.41 Å². The number of hydrogen-bond acceptors (Lipinski definition) is 5. The topological polar surface area (TPSA) is 132 Å². The molecule has 0 aliphatic heterocycles. The highest BCUT2D eigenvalue weighted by Crippen LogP contribution is 2.20. The number of aromatic carboxylic acids is 1. The van der Waals surface area contributed by atoms with Gasteiger partial charge in [0.1, 0.15) is 0 Å². The van der Waals surface area contributed by atoms with Gasteiger partial charge in [-0.05, 0) is 42.5 Å². The van der Waals surface area contributed by atoms with Crippen LogP contribution in [0.4, 0.5) is 0 Å². The summed E-state index contributed by atoms with van der Waals surface area (Å²) in [5, 5.41) is 25.6. The molecule has 0 fully saturated rings. The Morgan fingerprint density at radius 2 is 1.39 bits per heavy atom. The highest BCUT2D eigenvalue weighted by molar-refractivity contribution is 7.85. The summed E-state index contributed by atoms with van der Waals surface area (Å²) in [6.45, 7) is 4.40. The number of carbonyl (C=O) groups is 1. The summed E-state index contributed by atoms with van der Waals surface area (Å²) in [6.07, 6.45) is 1.67. The smallest absolute Gasteiger partial charge is 0.335 e. The molecule has 2 rings (SSSR count). The van der Waals surface area contributed by atoms with E-state index in [0.717, 1.165) is 12.8 Å². The Balaban J connectivity index is 0.000000392. The molecule has 0 radical (unpaired) electrons. The van der Waals surface area contributed by atoms with Crippen LogP contribution < -0.4 is 0 Å². The van der Waals surface area contributed by atoms with E-state index in [0.29, 0.717) is 5.56 Å². The normalized spacial score (nSPS) is 10.8. The highest BCUT2D eigenvalue weighted by Gasteiger charge is 2.14. The Hall–Kier alpha value is -2.26. The highest BCUT2D eigenvalue weighted by atomic mass is 32.2. The van der Waals surface area contributed by atoms with E-state index in [1.807, 2.05) is 13.8 Å². The Morgan fingerprint density at radius 1 is 0.929 bits per heavy atom. The molecule has 0 aromatic heterocycles. The fourth-order valence-corrected chi connectivity index (χ4v) is 2.31. The molecule has 0 saturated heterocycles. The van der Waals surface area contributed by atoms with Crippen LogP contribution in [0.3, 0.4) is 0 Å². The van der Waals surface area contributed by atoms with E-state index >= 15 is 0 Å². The number of carboxylic acid groups (broad SMARTS) is 1. The lowest BCUT2D eigenvalue weighted by Crippen LogP contribution is -2.16. The third-order valence-electron chi connectivity index (χ3n) is 3.50. The van der Waals surface area contributed by atoms with E-state index in [2.05, 4.69) is 0 Å². The largest absolute Gasteiger partial charge is 0.478 e. The monoisotopic (exact) mass is 412 g/mol. The minimum absolute atomic E-state index is 0.0112. The zero-order valence-electron chi connectivity index (χ0n) is 16.0. The SMILES string of the molecule is CC(C)(CO)CCCO.O=C(O)c1ccccc1.O=S(=O)(O)c1ccccc1. The van der Waals surface area contributed by atoms with E-state index in [9.17, 15) is 13.2 Å². The number of carboxylic acids is 1. The van der Waals surface area contributed by atoms with Gasteiger partial charge in [0, 0.05) is 13.2 Å². The van der Waals surface area contributed by atoms with Gasteiger partial charge in [0.2, 0.25) is 0 Å². The first-order chi connectivity index (χ1) is 13.0. The molecule has 0 aliphatic carbocycles. The third kappa shape index (κ3) is 12.2. The average Bonchev–Trinajstić information content (AvgIpc) is 2.68. The molecular formula is C20H28O7S. The summed E-state index contributed by atoms with van der Waals surface area (Å²) < 4.78 is 29.2. The van der Waals surface area contributed by atoms with Gasteiger partial charge in [-0.2, -0.15) is 8.42 Å². The summed E-state index contributed by atoms with van der Waals surface area (Å²) in [6, 6.07) is 15.7. The molecule has 0 saturated carbocycles. The van der Waals surface area contributed by atoms with Crippen LogP contribution in [0.2, 0.25) is 0 Å². The molecule has 0 atom stereocenters. The number of aliphatic hydroxyl groups is 2. The van der Waals surface area contributed by atoms with Gasteiger partial charge in [-0.25, -0.2) is 4.79 Å². The number of rotatable bonds is 6. The summed E-state index contributed by atoms with van der Waals surface area (Å²) in [5.74, 6) is -0.879. The maximum atomic E-state index is 10.4. The van der Waals surface area contributed by atoms with Crippen LogP contribution >= 0.6 is 0 Å². The molecule has 156 valence electrons. The number of aliphatic hydroxyl groups excluding tert-OH is 2.